The number of rotatable bonds is 7. The van der Waals surface area contributed by atoms with Crippen LogP contribution in [0, 0.1) is 5.92 Å². The van der Waals surface area contributed by atoms with Gasteiger partial charge < -0.3 is 16.4 Å². The van der Waals surface area contributed by atoms with Crippen LogP contribution in [0.3, 0.4) is 0 Å². The van der Waals surface area contributed by atoms with Gasteiger partial charge in [0.25, 0.3) is 0 Å². The van der Waals surface area contributed by atoms with Gasteiger partial charge in [0.05, 0.1) is 6.04 Å². The van der Waals surface area contributed by atoms with E-state index < -0.39 is 6.04 Å². The van der Waals surface area contributed by atoms with Gasteiger partial charge in [0.15, 0.2) is 0 Å². The summed E-state index contributed by atoms with van der Waals surface area (Å²) >= 11 is 0. The summed E-state index contributed by atoms with van der Waals surface area (Å²) in [4.78, 5) is 23.2. The molecule has 0 aliphatic heterocycles. The molecule has 0 spiro atoms. The Morgan fingerprint density at radius 2 is 1.81 bits per heavy atom. The van der Waals surface area contributed by atoms with E-state index in [1.54, 1.807) is 0 Å². The van der Waals surface area contributed by atoms with Gasteiger partial charge in [0.1, 0.15) is 0 Å². The Labute approximate surface area is 126 Å². The van der Waals surface area contributed by atoms with Gasteiger partial charge in [-0.1, -0.05) is 32.9 Å². The Hall–Kier alpha value is -1.88. The third-order valence-corrected chi connectivity index (χ3v) is 3.20. The molecule has 0 fully saturated rings. The van der Waals surface area contributed by atoms with Crippen LogP contribution in [0.25, 0.3) is 0 Å². The van der Waals surface area contributed by atoms with Crippen LogP contribution in [-0.2, 0) is 16.1 Å². The summed E-state index contributed by atoms with van der Waals surface area (Å²) < 4.78 is 0. The lowest BCUT2D eigenvalue weighted by Crippen LogP contribution is -2.43. The maximum atomic E-state index is 11.7. The second-order valence-corrected chi connectivity index (χ2v) is 5.48. The van der Waals surface area contributed by atoms with Gasteiger partial charge in [-0.2, -0.15) is 0 Å². The first-order valence-electron chi connectivity index (χ1n) is 7.36. The molecule has 5 heteroatoms. The number of nitrogens with two attached hydrogens (primary N) is 1. The highest BCUT2D eigenvalue weighted by Crippen LogP contribution is 2.10. The van der Waals surface area contributed by atoms with Crippen LogP contribution >= 0.6 is 0 Å². The second-order valence-electron chi connectivity index (χ2n) is 5.48. The predicted molar refractivity (Wildman–Crippen MR) is 84.6 cm³/mol. The molecule has 0 bridgehead atoms. The molecule has 0 saturated carbocycles. The molecule has 0 aliphatic carbocycles. The largest absolute Gasteiger partial charge is 0.351 e. The number of anilines is 1. The molecule has 1 atom stereocenters. The van der Waals surface area contributed by atoms with Crippen LogP contribution in [0.2, 0.25) is 0 Å². The fourth-order valence-corrected chi connectivity index (χ4v) is 1.77. The van der Waals surface area contributed by atoms with Crippen LogP contribution < -0.4 is 16.4 Å². The van der Waals surface area contributed by atoms with Crippen molar-refractivity contribution in [3.8, 4) is 0 Å². The van der Waals surface area contributed by atoms with Crippen LogP contribution in [0.15, 0.2) is 24.3 Å². The lowest BCUT2D eigenvalue weighted by Gasteiger charge is -2.15. The number of hydrogen-bond donors (Lipinski definition) is 3. The summed E-state index contributed by atoms with van der Waals surface area (Å²) in [5.41, 5.74) is 7.50. The van der Waals surface area contributed by atoms with Gasteiger partial charge in [-0.3, -0.25) is 9.59 Å². The zero-order valence-corrected chi connectivity index (χ0v) is 13.0. The molecule has 1 rings (SSSR count). The van der Waals surface area contributed by atoms with E-state index in [1.165, 1.54) is 0 Å². The molecule has 0 aromatic heterocycles. The molecule has 0 heterocycles. The average molecular weight is 291 g/mol. The van der Waals surface area contributed by atoms with Crippen molar-refractivity contribution in [2.75, 3.05) is 5.32 Å². The molecule has 0 unspecified atom stereocenters. The van der Waals surface area contributed by atoms with E-state index in [4.69, 9.17) is 5.73 Å². The van der Waals surface area contributed by atoms with Crippen molar-refractivity contribution < 1.29 is 9.59 Å². The maximum Gasteiger partial charge on any atom is 0.237 e. The van der Waals surface area contributed by atoms with E-state index in [0.717, 1.165) is 17.7 Å². The zero-order valence-electron chi connectivity index (χ0n) is 13.0. The Bertz CT molecular complexity index is 469. The standard InChI is InChI=1S/C16H25N3O2/c1-4-5-14(20)19-13-8-6-12(7-9-13)10-18-16(21)15(17)11(2)3/h6-9,11,15H,4-5,10,17H2,1-3H3,(H,18,21)(H,19,20)/t15-/m0/s1. The Morgan fingerprint density at radius 1 is 1.19 bits per heavy atom. The minimum absolute atomic E-state index is 0.0152. The van der Waals surface area contributed by atoms with Crippen LogP contribution in [0.4, 0.5) is 5.69 Å². The topological polar surface area (TPSA) is 84.2 Å². The third kappa shape index (κ3) is 5.95. The molecule has 1 aromatic carbocycles. The molecular formula is C16H25N3O2. The van der Waals surface area contributed by atoms with Crippen molar-refractivity contribution in [3.63, 3.8) is 0 Å². The van der Waals surface area contributed by atoms with E-state index in [-0.39, 0.29) is 17.7 Å². The lowest BCUT2D eigenvalue weighted by atomic mass is 10.0. The predicted octanol–water partition coefficient (Wildman–Crippen LogP) is 2.02. The third-order valence-electron chi connectivity index (χ3n) is 3.20. The molecule has 21 heavy (non-hydrogen) atoms. The van der Waals surface area contributed by atoms with Crippen molar-refractivity contribution in [2.24, 2.45) is 11.7 Å². The molecule has 0 radical (unpaired) electrons. The molecule has 1 aromatic rings. The van der Waals surface area contributed by atoms with Gasteiger partial charge in [0, 0.05) is 18.7 Å². The lowest BCUT2D eigenvalue weighted by molar-refractivity contribution is -0.123. The van der Waals surface area contributed by atoms with E-state index in [2.05, 4.69) is 10.6 Å². The molecule has 5 nitrogen and oxygen atoms in total. The molecule has 116 valence electrons. The van der Waals surface area contributed by atoms with E-state index in [9.17, 15) is 9.59 Å². The Balaban J connectivity index is 2.48. The first-order chi connectivity index (χ1) is 9.93. The number of amides is 2. The minimum atomic E-state index is -0.488. The minimum Gasteiger partial charge on any atom is -0.351 e. The van der Waals surface area contributed by atoms with Crippen LogP contribution in [0.1, 0.15) is 39.2 Å². The Morgan fingerprint density at radius 3 is 2.33 bits per heavy atom. The zero-order chi connectivity index (χ0) is 15.8. The van der Waals surface area contributed by atoms with Gasteiger partial charge in [-0.05, 0) is 30.0 Å². The highest BCUT2D eigenvalue weighted by molar-refractivity contribution is 5.90. The molecule has 0 saturated heterocycles. The Kier molecular flexibility index (Phi) is 6.88. The van der Waals surface area contributed by atoms with Crippen molar-refractivity contribution in [2.45, 2.75) is 46.2 Å². The summed E-state index contributed by atoms with van der Waals surface area (Å²) in [6.07, 6.45) is 1.34. The summed E-state index contributed by atoms with van der Waals surface area (Å²) in [5, 5.41) is 5.63. The average Bonchev–Trinajstić information content (AvgIpc) is 2.45. The molecule has 2 amide bonds. The van der Waals surface area contributed by atoms with Gasteiger partial charge in [-0.25, -0.2) is 0 Å². The normalized spacial score (nSPS) is 12.0. The van der Waals surface area contributed by atoms with E-state index >= 15 is 0 Å². The number of benzene rings is 1. The van der Waals surface area contributed by atoms with Crippen molar-refractivity contribution in [3.05, 3.63) is 29.8 Å². The van der Waals surface area contributed by atoms with E-state index in [1.807, 2.05) is 45.0 Å². The quantitative estimate of drug-likeness (QED) is 0.718. The summed E-state index contributed by atoms with van der Waals surface area (Å²) in [7, 11) is 0. The van der Waals surface area contributed by atoms with E-state index in [0.29, 0.717) is 13.0 Å². The molecule has 4 N–H and O–H groups in total. The van der Waals surface area contributed by atoms with Crippen molar-refractivity contribution in [1.29, 1.82) is 0 Å². The van der Waals surface area contributed by atoms with Gasteiger partial charge in [-0.15, -0.1) is 0 Å². The number of hydrogen-bond acceptors (Lipinski definition) is 3. The molecule has 0 aliphatic rings. The summed E-state index contributed by atoms with van der Waals surface area (Å²) in [6, 6.07) is 6.93. The first-order valence-corrected chi connectivity index (χ1v) is 7.36. The SMILES string of the molecule is CCCC(=O)Nc1ccc(CNC(=O)[C@@H](N)C(C)C)cc1. The number of nitrogens with one attached hydrogen (secondary N) is 2. The summed E-state index contributed by atoms with van der Waals surface area (Å²) in [6.45, 7) is 6.23. The number of carbonyl (C=O) groups is 2. The summed E-state index contributed by atoms with van der Waals surface area (Å²) in [5.74, 6) is -0.0204. The van der Waals surface area contributed by atoms with Crippen LogP contribution in [0.5, 0.6) is 0 Å². The van der Waals surface area contributed by atoms with Crippen molar-refractivity contribution >= 4 is 17.5 Å². The maximum absolute atomic E-state index is 11.7. The fraction of sp³-hybridized carbons (Fsp3) is 0.500. The van der Waals surface area contributed by atoms with Crippen molar-refractivity contribution in [1.82, 2.24) is 5.32 Å². The molecular weight excluding hydrogens is 266 g/mol. The first kappa shape index (κ1) is 17.2. The van der Waals surface area contributed by atoms with Gasteiger partial charge >= 0.3 is 0 Å². The second kappa shape index (κ2) is 8.42. The smallest absolute Gasteiger partial charge is 0.237 e. The number of carbonyl (C=O) groups excluding carboxylic acids is 2. The fourth-order valence-electron chi connectivity index (χ4n) is 1.77. The van der Waals surface area contributed by atoms with Gasteiger partial charge in [0.2, 0.25) is 11.8 Å². The highest BCUT2D eigenvalue weighted by atomic mass is 16.2. The monoisotopic (exact) mass is 291 g/mol. The van der Waals surface area contributed by atoms with Crippen LogP contribution in [-0.4, -0.2) is 17.9 Å². The highest BCUT2D eigenvalue weighted by Gasteiger charge is 2.16.